The highest BCUT2D eigenvalue weighted by Crippen LogP contribution is 2.34. The number of fused-ring (bicyclic) bond motifs is 3. The van der Waals surface area contributed by atoms with Gasteiger partial charge in [0.15, 0.2) is 11.6 Å². The largest absolute Gasteiger partial charge is 0.357 e. The van der Waals surface area contributed by atoms with Crippen molar-refractivity contribution < 1.29 is 8.78 Å². The van der Waals surface area contributed by atoms with E-state index in [9.17, 15) is 8.78 Å². The minimum absolute atomic E-state index is 0.148. The number of H-pyrrole nitrogens is 1. The van der Waals surface area contributed by atoms with Gasteiger partial charge in [-0.25, -0.2) is 8.78 Å². The maximum Gasteiger partial charge on any atom is 0.159 e. The zero-order chi connectivity index (χ0) is 15.3. The second kappa shape index (κ2) is 5.18. The van der Waals surface area contributed by atoms with E-state index in [1.165, 1.54) is 23.1 Å². The molecule has 22 heavy (non-hydrogen) atoms. The molecule has 5 heteroatoms. The first-order valence-electron chi connectivity index (χ1n) is 7.12. The van der Waals surface area contributed by atoms with Gasteiger partial charge in [0, 0.05) is 27.6 Å². The highest BCUT2D eigenvalue weighted by Gasteiger charge is 2.25. The van der Waals surface area contributed by atoms with Gasteiger partial charge in [-0.2, -0.15) is 0 Å². The number of hydrogen-bond donors (Lipinski definition) is 2. The third-order valence-corrected chi connectivity index (χ3v) is 4.68. The Hall–Kier alpha value is -1.72. The summed E-state index contributed by atoms with van der Waals surface area (Å²) < 4.78 is 27.7. The van der Waals surface area contributed by atoms with Crippen molar-refractivity contribution in [2.24, 2.45) is 0 Å². The van der Waals surface area contributed by atoms with Crippen LogP contribution in [0.1, 0.15) is 22.9 Å². The van der Waals surface area contributed by atoms with Crippen LogP contribution in [-0.2, 0) is 6.42 Å². The fourth-order valence-electron chi connectivity index (χ4n) is 3.18. The molecule has 0 radical (unpaired) electrons. The second-order valence-corrected chi connectivity index (χ2v) is 6.43. The van der Waals surface area contributed by atoms with Crippen molar-refractivity contribution in [1.82, 2.24) is 10.3 Å². The topological polar surface area (TPSA) is 27.8 Å². The average Bonchev–Trinajstić information content (AvgIpc) is 2.88. The van der Waals surface area contributed by atoms with Crippen LogP contribution in [0.5, 0.6) is 0 Å². The second-order valence-electron chi connectivity index (χ2n) is 5.52. The molecule has 2 N–H and O–H groups in total. The molecule has 1 unspecified atom stereocenters. The lowest BCUT2D eigenvalue weighted by molar-refractivity contribution is 0.500. The molecule has 4 rings (SSSR count). The highest BCUT2D eigenvalue weighted by atomic mass is 79.9. The molecule has 2 aromatic carbocycles. The predicted molar refractivity (Wildman–Crippen MR) is 85.9 cm³/mol. The Morgan fingerprint density at radius 2 is 1.91 bits per heavy atom. The molecule has 0 aliphatic carbocycles. The molecule has 0 fully saturated rings. The van der Waals surface area contributed by atoms with Gasteiger partial charge in [0.2, 0.25) is 0 Å². The van der Waals surface area contributed by atoms with Gasteiger partial charge < -0.3 is 10.3 Å². The Balaban J connectivity index is 1.88. The zero-order valence-electron chi connectivity index (χ0n) is 11.6. The van der Waals surface area contributed by atoms with Crippen molar-refractivity contribution >= 4 is 26.8 Å². The summed E-state index contributed by atoms with van der Waals surface area (Å²) in [5.41, 5.74) is 4.06. The summed E-state index contributed by atoms with van der Waals surface area (Å²) >= 11 is 3.50. The van der Waals surface area contributed by atoms with E-state index in [0.29, 0.717) is 0 Å². The Kier molecular flexibility index (Phi) is 3.27. The molecule has 0 saturated carbocycles. The summed E-state index contributed by atoms with van der Waals surface area (Å²) in [6.45, 7) is 0.802. The molecular weight excluding hydrogens is 350 g/mol. The predicted octanol–water partition coefficient (Wildman–Crippen LogP) is 4.44. The first-order chi connectivity index (χ1) is 10.6. The third-order valence-electron chi connectivity index (χ3n) is 4.19. The van der Waals surface area contributed by atoms with Crippen molar-refractivity contribution in [2.75, 3.05) is 6.54 Å². The quantitative estimate of drug-likeness (QED) is 0.657. The maximum atomic E-state index is 13.5. The van der Waals surface area contributed by atoms with Crippen molar-refractivity contribution in [3.63, 3.8) is 0 Å². The van der Waals surface area contributed by atoms with Crippen LogP contribution in [0.2, 0.25) is 0 Å². The van der Waals surface area contributed by atoms with E-state index in [2.05, 4.69) is 32.3 Å². The van der Waals surface area contributed by atoms with Crippen LogP contribution in [-0.4, -0.2) is 11.5 Å². The van der Waals surface area contributed by atoms with Crippen molar-refractivity contribution in [3.8, 4) is 0 Å². The van der Waals surface area contributed by atoms with Crippen LogP contribution in [0.15, 0.2) is 40.9 Å². The minimum Gasteiger partial charge on any atom is -0.357 e. The molecular formula is C17H13BrF2N2. The van der Waals surface area contributed by atoms with Crippen LogP contribution in [0.4, 0.5) is 8.78 Å². The molecule has 3 aromatic rings. The summed E-state index contributed by atoms with van der Waals surface area (Å²) in [5, 5.41) is 4.56. The molecule has 0 bridgehead atoms. The highest BCUT2D eigenvalue weighted by molar-refractivity contribution is 9.10. The number of nitrogens with one attached hydrogen (secondary N) is 2. The van der Waals surface area contributed by atoms with Gasteiger partial charge >= 0.3 is 0 Å². The molecule has 1 aliphatic heterocycles. The Bertz CT molecular complexity index is 872. The lowest BCUT2D eigenvalue weighted by atomic mass is 9.94. The minimum atomic E-state index is -0.819. The van der Waals surface area contributed by atoms with Crippen LogP contribution in [0.25, 0.3) is 10.9 Å². The molecule has 2 nitrogen and oxygen atoms in total. The number of benzene rings is 2. The van der Waals surface area contributed by atoms with E-state index in [1.54, 1.807) is 6.07 Å². The lowest BCUT2D eigenvalue weighted by Gasteiger charge is -2.25. The normalized spacial score (nSPS) is 17.7. The van der Waals surface area contributed by atoms with Crippen LogP contribution in [0, 0.1) is 11.6 Å². The molecule has 1 aromatic heterocycles. The van der Waals surface area contributed by atoms with E-state index in [0.717, 1.165) is 34.2 Å². The SMILES string of the molecule is Fc1ccc(C2NCCc3c2[nH]c2ccc(Br)cc32)cc1F. The molecule has 2 heterocycles. The smallest absolute Gasteiger partial charge is 0.159 e. The van der Waals surface area contributed by atoms with Crippen LogP contribution in [0.3, 0.4) is 0 Å². The van der Waals surface area contributed by atoms with Crippen molar-refractivity contribution in [1.29, 1.82) is 0 Å². The van der Waals surface area contributed by atoms with Crippen LogP contribution < -0.4 is 5.32 Å². The summed E-state index contributed by atoms with van der Waals surface area (Å²) in [5.74, 6) is -1.63. The number of halogens is 3. The summed E-state index contributed by atoms with van der Waals surface area (Å²) in [6, 6.07) is 10.0. The number of hydrogen-bond acceptors (Lipinski definition) is 1. The van der Waals surface area contributed by atoms with Gasteiger partial charge in [-0.05, 0) is 47.9 Å². The number of aromatic amines is 1. The first-order valence-corrected chi connectivity index (χ1v) is 7.91. The summed E-state index contributed by atoms with van der Waals surface area (Å²) in [4.78, 5) is 3.43. The van der Waals surface area contributed by atoms with E-state index < -0.39 is 11.6 Å². The monoisotopic (exact) mass is 362 g/mol. The maximum absolute atomic E-state index is 13.5. The van der Waals surface area contributed by atoms with E-state index >= 15 is 0 Å². The molecule has 1 aliphatic rings. The molecule has 112 valence electrons. The Morgan fingerprint density at radius 1 is 1.05 bits per heavy atom. The zero-order valence-corrected chi connectivity index (χ0v) is 13.2. The summed E-state index contributed by atoms with van der Waals surface area (Å²) in [7, 11) is 0. The standard InChI is InChI=1S/C17H13BrF2N2/c18-10-2-4-15-12(8-10)11-5-6-21-16(17(11)22-15)9-1-3-13(19)14(20)7-9/h1-4,7-8,16,21-22H,5-6H2. The van der Waals surface area contributed by atoms with Gasteiger partial charge in [0.05, 0.1) is 6.04 Å². The molecule has 1 atom stereocenters. The Labute approximate surface area is 134 Å². The fraction of sp³-hybridized carbons (Fsp3) is 0.176. The Morgan fingerprint density at radius 3 is 2.73 bits per heavy atom. The third kappa shape index (κ3) is 2.16. The van der Waals surface area contributed by atoms with E-state index in [4.69, 9.17) is 0 Å². The number of rotatable bonds is 1. The lowest BCUT2D eigenvalue weighted by Crippen LogP contribution is -2.30. The average molecular weight is 363 g/mol. The van der Waals surface area contributed by atoms with E-state index in [1.807, 2.05) is 12.1 Å². The number of aromatic nitrogens is 1. The van der Waals surface area contributed by atoms with Crippen molar-refractivity contribution in [3.05, 3.63) is 69.3 Å². The molecule has 0 amide bonds. The van der Waals surface area contributed by atoms with E-state index in [-0.39, 0.29) is 6.04 Å². The van der Waals surface area contributed by atoms with Crippen LogP contribution >= 0.6 is 15.9 Å². The van der Waals surface area contributed by atoms with Gasteiger partial charge in [-0.1, -0.05) is 22.0 Å². The van der Waals surface area contributed by atoms with Gasteiger partial charge in [-0.15, -0.1) is 0 Å². The van der Waals surface area contributed by atoms with Gasteiger partial charge in [-0.3, -0.25) is 0 Å². The first kappa shape index (κ1) is 13.9. The van der Waals surface area contributed by atoms with Gasteiger partial charge in [0.25, 0.3) is 0 Å². The molecule has 0 saturated heterocycles. The fourth-order valence-corrected chi connectivity index (χ4v) is 3.54. The van der Waals surface area contributed by atoms with Crippen molar-refractivity contribution in [2.45, 2.75) is 12.5 Å². The summed E-state index contributed by atoms with van der Waals surface area (Å²) in [6.07, 6.45) is 0.909. The molecule has 0 spiro atoms. The van der Waals surface area contributed by atoms with Gasteiger partial charge in [0.1, 0.15) is 0 Å².